The van der Waals surface area contributed by atoms with Crippen molar-refractivity contribution in [3.8, 4) is 11.5 Å². The van der Waals surface area contributed by atoms with Gasteiger partial charge in [0, 0.05) is 30.4 Å². The number of benzene rings is 2. The molecule has 2 unspecified atom stereocenters. The second kappa shape index (κ2) is 12.9. The highest BCUT2D eigenvalue weighted by Crippen LogP contribution is 2.25. The van der Waals surface area contributed by atoms with Gasteiger partial charge in [0.1, 0.15) is 29.0 Å². The van der Waals surface area contributed by atoms with Gasteiger partial charge in [-0.2, -0.15) is 8.78 Å². The number of carbonyl (C=O) groups excluding carboxylic acids is 3. The SMILES string of the molecule is CC(C)(C)OC(=O)N1CC(NC(=O)COc2ccc(Cl)c(F)c2)CCC1C(=O)Nc1cccc(OC(F)F)c1. The average Bonchev–Trinajstić information content (AvgIpc) is 2.83. The molecule has 3 rings (SSSR count). The van der Waals surface area contributed by atoms with Crippen LogP contribution in [0.15, 0.2) is 42.5 Å². The van der Waals surface area contributed by atoms with Crippen molar-refractivity contribution in [3.63, 3.8) is 0 Å². The third-order valence-electron chi connectivity index (χ3n) is 5.47. The summed E-state index contributed by atoms with van der Waals surface area (Å²) in [4.78, 5) is 39.8. The lowest BCUT2D eigenvalue weighted by molar-refractivity contribution is -0.125. The predicted molar refractivity (Wildman–Crippen MR) is 137 cm³/mol. The van der Waals surface area contributed by atoms with Gasteiger partial charge < -0.3 is 24.8 Å². The van der Waals surface area contributed by atoms with Crippen LogP contribution in [0.5, 0.6) is 11.5 Å². The first kappa shape index (κ1) is 29.9. The van der Waals surface area contributed by atoms with Gasteiger partial charge in [0.05, 0.1) is 5.02 Å². The summed E-state index contributed by atoms with van der Waals surface area (Å²) in [6, 6.07) is 7.77. The van der Waals surface area contributed by atoms with Crippen LogP contribution in [-0.2, 0) is 14.3 Å². The van der Waals surface area contributed by atoms with Crippen molar-refractivity contribution in [2.24, 2.45) is 0 Å². The molecule has 39 heavy (non-hydrogen) atoms. The highest BCUT2D eigenvalue weighted by atomic mass is 35.5. The summed E-state index contributed by atoms with van der Waals surface area (Å²) in [5.74, 6) is -1.79. The standard InChI is InChI=1S/C26H29ClF3N3O6/c1-26(2,3)39-25(36)33-13-16(31-22(34)14-37-17-8-9-19(27)20(28)12-17)7-10-21(33)23(35)32-15-5-4-6-18(11-15)38-24(29)30/h4-6,8-9,11-12,16,21,24H,7,10,13-14H2,1-3H3,(H,31,34)(H,32,35). The molecule has 2 atom stereocenters. The van der Waals surface area contributed by atoms with E-state index in [0.29, 0.717) is 6.42 Å². The van der Waals surface area contributed by atoms with Gasteiger partial charge in [-0.1, -0.05) is 17.7 Å². The Kier molecular flexibility index (Phi) is 9.90. The molecule has 0 aromatic heterocycles. The van der Waals surface area contributed by atoms with E-state index in [1.165, 1.54) is 41.3 Å². The van der Waals surface area contributed by atoms with Gasteiger partial charge >= 0.3 is 12.7 Å². The maximum Gasteiger partial charge on any atom is 0.411 e. The van der Waals surface area contributed by atoms with Gasteiger partial charge in [0.2, 0.25) is 5.91 Å². The number of anilines is 1. The van der Waals surface area contributed by atoms with E-state index in [1.807, 2.05) is 0 Å². The van der Waals surface area contributed by atoms with Crippen molar-refractivity contribution >= 4 is 35.2 Å². The largest absolute Gasteiger partial charge is 0.484 e. The van der Waals surface area contributed by atoms with Crippen LogP contribution in [0, 0.1) is 5.82 Å². The molecule has 2 aromatic rings. The van der Waals surface area contributed by atoms with Crippen molar-refractivity contribution in [1.29, 1.82) is 0 Å². The van der Waals surface area contributed by atoms with Gasteiger partial charge in [-0.25, -0.2) is 9.18 Å². The van der Waals surface area contributed by atoms with E-state index in [9.17, 15) is 27.6 Å². The number of carbonyl (C=O) groups is 3. The number of likely N-dealkylation sites (tertiary alicyclic amines) is 1. The van der Waals surface area contributed by atoms with E-state index in [1.54, 1.807) is 20.8 Å². The van der Waals surface area contributed by atoms with Crippen molar-refractivity contribution in [3.05, 3.63) is 53.3 Å². The van der Waals surface area contributed by atoms with E-state index in [-0.39, 0.29) is 35.2 Å². The van der Waals surface area contributed by atoms with Crippen LogP contribution in [0.3, 0.4) is 0 Å². The van der Waals surface area contributed by atoms with Crippen LogP contribution >= 0.6 is 11.6 Å². The molecule has 0 bridgehead atoms. The van der Waals surface area contributed by atoms with Crippen LogP contribution in [-0.4, -0.2) is 60.3 Å². The normalized spacial score (nSPS) is 17.4. The number of nitrogens with one attached hydrogen (secondary N) is 2. The highest BCUT2D eigenvalue weighted by molar-refractivity contribution is 6.30. The zero-order valence-corrected chi connectivity index (χ0v) is 22.3. The first-order valence-electron chi connectivity index (χ1n) is 12.0. The smallest absolute Gasteiger partial charge is 0.411 e. The zero-order chi connectivity index (χ0) is 28.7. The molecule has 212 valence electrons. The lowest BCUT2D eigenvalue weighted by Gasteiger charge is -2.39. The first-order chi connectivity index (χ1) is 18.3. The summed E-state index contributed by atoms with van der Waals surface area (Å²) in [5.41, 5.74) is -0.648. The Morgan fingerprint density at radius 1 is 1.10 bits per heavy atom. The van der Waals surface area contributed by atoms with Crippen LogP contribution in [0.4, 0.5) is 23.7 Å². The highest BCUT2D eigenvalue weighted by Gasteiger charge is 2.38. The third kappa shape index (κ3) is 9.24. The van der Waals surface area contributed by atoms with Crippen molar-refractivity contribution < 1.29 is 41.8 Å². The molecular weight excluding hydrogens is 543 g/mol. The Morgan fingerprint density at radius 3 is 2.51 bits per heavy atom. The minimum Gasteiger partial charge on any atom is -0.484 e. The zero-order valence-electron chi connectivity index (χ0n) is 21.5. The molecule has 1 fully saturated rings. The Morgan fingerprint density at radius 2 is 1.85 bits per heavy atom. The van der Waals surface area contributed by atoms with Gasteiger partial charge in [-0.15, -0.1) is 0 Å². The number of hydrogen-bond donors (Lipinski definition) is 2. The van der Waals surface area contributed by atoms with E-state index in [4.69, 9.17) is 21.1 Å². The third-order valence-corrected chi connectivity index (χ3v) is 5.77. The molecule has 2 aromatic carbocycles. The Balaban J connectivity index is 1.66. The number of amides is 3. The minimum atomic E-state index is -3.03. The Hall–Kier alpha value is -3.67. The number of ether oxygens (including phenoxy) is 3. The maximum absolute atomic E-state index is 13.6. The number of piperidine rings is 1. The molecule has 3 amide bonds. The molecule has 1 saturated heterocycles. The van der Waals surface area contributed by atoms with Crippen molar-refractivity contribution in [2.75, 3.05) is 18.5 Å². The molecule has 1 aliphatic heterocycles. The second-order valence-electron chi connectivity index (χ2n) is 9.75. The van der Waals surface area contributed by atoms with E-state index >= 15 is 0 Å². The van der Waals surface area contributed by atoms with Crippen LogP contribution in [0.1, 0.15) is 33.6 Å². The number of halogens is 4. The molecule has 0 radical (unpaired) electrons. The molecule has 0 aliphatic carbocycles. The fourth-order valence-electron chi connectivity index (χ4n) is 3.84. The second-order valence-corrected chi connectivity index (χ2v) is 10.2. The Labute approximate surface area is 228 Å². The number of alkyl halides is 2. The van der Waals surface area contributed by atoms with E-state index in [0.717, 1.165) is 6.07 Å². The Bertz CT molecular complexity index is 1190. The van der Waals surface area contributed by atoms with Crippen LogP contribution < -0.4 is 20.1 Å². The van der Waals surface area contributed by atoms with Gasteiger partial charge in [0.25, 0.3) is 5.91 Å². The molecule has 0 spiro atoms. The molecular formula is C26H29ClF3N3O6. The summed E-state index contributed by atoms with van der Waals surface area (Å²) in [6.45, 7) is 1.55. The van der Waals surface area contributed by atoms with E-state index < -0.39 is 54.6 Å². The molecule has 1 aliphatic rings. The average molecular weight is 572 g/mol. The number of hydrogen-bond acceptors (Lipinski definition) is 6. The van der Waals surface area contributed by atoms with Crippen molar-refractivity contribution in [1.82, 2.24) is 10.2 Å². The molecule has 9 nitrogen and oxygen atoms in total. The summed E-state index contributed by atoms with van der Waals surface area (Å²) in [5, 5.41) is 5.28. The predicted octanol–water partition coefficient (Wildman–Crippen LogP) is 4.98. The minimum absolute atomic E-state index is 0.0388. The molecule has 0 saturated carbocycles. The first-order valence-corrected chi connectivity index (χ1v) is 12.4. The van der Waals surface area contributed by atoms with E-state index in [2.05, 4.69) is 15.4 Å². The lowest BCUT2D eigenvalue weighted by atomic mass is 9.97. The topological polar surface area (TPSA) is 106 Å². The van der Waals surface area contributed by atoms with Crippen molar-refractivity contribution in [2.45, 2.75) is 57.9 Å². The number of rotatable bonds is 8. The maximum atomic E-state index is 13.6. The van der Waals surface area contributed by atoms with Crippen LogP contribution in [0.25, 0.3) is 0 Å². The molecule has 13 heteroatoms. The van der Waals surface area contributed by atoms with Crippen LogP contribution in [0.2, 0.25) is 5.02 Å². The van der Waals surface area contributed by atoms with Gasteiger partial charge in [0.15, 0.2) is 6.61 Å². The summed E-state index contributed by atoms with van der Waals surface area (Å²) in [7, 11) is 0. The number of nitrogens with zero attached hydrogens (tertiary/aromatic N) is 1. The summed E-state index contributed by atoms with van der Waals surface area (Å²) in [6.07, 6.45) is -0.246. The molecule has 2 N–H and O–H groups in total. The molecule has 1 heterocycles. The quantitative estimate of drug-likeness (QED) is 0.463. The fourth-order valence-corrected chi connectivity index (χ4v) is 3.96. The monoisotopic (exact) mass is 571 g/mol. The summed E-state index contributed by atoms with van der Waals surface area (Å²) < 4.78 is 53.8. The van der Waals surface area contributed by atoms with Gasteiger partial charge in [-0.3, -0.25) is 14.5 Å². The fraction of sp³-hybridized carbons (Fsp3) is 0.423. The summed E-state index contributed by atoms with van der Waals surface area (Å²) >= 11 is 5.64. The van der Waals surface area contributed by atoms with Gasteiger partial charge in [-0.05, 0) is 57.9 Å². The lowest BCUT2D eigenvalue weighted by Crippen LogP contribution is -2.58.